The van der Waals surface area contributed by atoms with Crippen LogP contribution < -0.4 is 5.32 Å². The molecule has 2 aromatic rings. The summed E-state index contributed by atoms with van der Waals surface area (Å²) in [7, 11) is 0. The number of carbonyl (C=O) groups excluding carboxylic acids is 1. The Morgan fingerprint density at radius 3 is 3.11 bits per heavy atom. The molecule has 2 heterocycles. The first-order chi connectivity index (χ1) is 8.70. The van der Waals surface area contributed by atoms with Crippen LogP contribution in [0.3, 0.4) is 0 Å². The Bertz CT molecular complexity index is 509. The molecule has 0 aliphatic rings. The highest BCUT2D eigenvalue weighted by Crippen LogP contribution is 2.25. The van der Waals surface area contributed by atoms with Gasteiger partial charge < -0.3 is 14.7 Å². The molecule has 96 valence electrons. The number of hydrogen-bond donors (Lipinski definition) is 2. The molecule has 1 amide bonds. The second-order valence-corrected chi connectivity index (χ2v) is 4.90. The van der Waals surface area contributed by atoms with E-state index in [2.05, 4.69) is 20.5 Å². The van der Waals surface area contributed by atoms with Crippen LogP contribution in [0.15, 0.2) is 28.0 Å². The van der Waals surface area contributed by atoms with Crippen molar-refractivity contribution >= 4 is 17.7 Å². The van der Waals surface area contributed by atoms with E-state index >= 15 is 0 Å². The molecule has 18 heavy (non-hydrogen) atoms. The zero-order chi connectivity index (χ0) is 13.0. The van der Waals surface area contributed by atoms with Crippen LogP contribution in [0.4, 0.5) is 0 Å². The van der Waals surface area contributed by atoms with Crippen molar-refractivity contribution in [3.63, 3.8) is 0 Å². The summed E-state index contributed by atoms with van der Waals surface area (Å²) in [5, 5.41) is 10.7. The van der Waals surface area contributed by atoms with E-state index in [0.717, 1.165) is 5.69 Å². The molecular formula is C11H14N4O2S. The molecule has 1 atom stereocenters. The lowest BCUT2D eigenvalue weighted by molar-refractivity contribution is -0.120. The Labute approximate surface area is 109 Å². The molecule has 0 radical (unpaired) electrons. The largest absolute Gasteiger partial charge is 0.410 e. The van der Waals surface area contributed by atoms with Crippen LogP contribution in [0.1, 0.15) is 13.8 Å². The number of aromatic amines is 1. The van der Waals surface area contributed by atoms with Gasteiger partial charge >= 0.3 is 0 Å². The van der Waals surface area contributed by atoms with Crippen molar-refractivity contribution < 1.29 is 9.21 Å². The number of rotatable bonds is 5. The topological polar surface area (TPSA) is 83.8 Å². The molecule has 6 nitrogen and oxygen atoms in total. The molecule has 0 fully saturated rings. The van der Waals surface area contributed by atoms with Gasteiger partial charge in [0.1, 0.15) is 5.69 Å². The minimum absolute atomic E-state index is 0.0397. The quantitative estimate of drug-likeness (QED) is 0.804. The van der Waals surface area contributed by atoms with Crippen molar-refractivity contribution in [1.82, 2.24) is 20.5 Å². The summed E-state index contributed by atoms with van der Waals surface area (Å²) in [6, 6.07) is 3.69. The summed E-state index contributed by atoms with van der Waals surface area (Å²) in [5.74, 6) is 0.382. The van der Waals surface area contributed by atoms with Gasteiger partial charge in [-0.05, 0) is 26.0 Å². The van der Waals surface area contributed by atoms with Gasteiger partial charge in [0.2, 0.25) is 5.91 Å². The van der Waals surface area contributed by atoms with Gasteiger partial charge in [-0.3, -0.25) is 4.79 Å². The number of aromatic nitrogens is 3. The van der Waals surface area contributed by atoms with Crippen LogP contribution in [-0.2, 0) is 4.79 Å². The van der Waals surface area contributed by atoms with Crippen LogP contribution in [0, 0.1) is 0 Å². The predicted molar refractivity (Wildman–Crippen MR) is 68.1 cm³/mol. The van der Waals surface area contributed by atoms with E-state index in [0.29, 0.717) is 17.7 Å². The van der Waals surface area contributed by atoms with Crippen LogP contribution in [0.5, 0.6) is 0 Å². The van der Waals surface area contributed by atoms with E-state index in [4.69, 9.17) is 4.42 Å². The number of nitrogens with zero attached hydrogens (tertiary/aromatic N) is 2. The third-order valence-electron chi connectivity index (χ3n) is 2.23. The molecular weight excluding hydrogens is 252 g/mol. The van der Waals surface area contributed by atoms with Crippen molar-refractivity contribution in [3.8, 4) is 11.6 Å². The van der Waals surface area contributed by atoms with Crippen molar-refractivity contribution in [2.24, 2.45) is 0 Å². The average Bonchev–Trinajstić information content (AvgIpc) is 2.98. The van der Waals surface area contributed by atoms with E-state index in [9.17, 15) is 4.79 Å². The monoisotopic (exact) mass is 266 g/mol. The van der Waals surface area contributed by atoms with E-state index in [1.54, 1.807) is 13.1 Å². The Balaban J connectivity index is 2.01. The van der Waals surface area contributed by atoms with Gasteiger partial charge in [-0.2, -0.15) is 0 Å². The number of H-pyrrole nitrogens is 1. The molecule has 0 aromatic carbocycles. The number of thioether (sulfide) groups is 1. The zero-order valence-corrected chi connectivity index (χ0v) is 11.0. The number of amides is 1. The van der Waals surface area contributed by atoms with Gasteiger partial charge in [0.15, 0.2) is 0 Å². The molecule has 0 saturated heterocycles. The number of hydrogen-bond acceptors (Lipinski definition) is 5. The maximum absolute atomic E-state index is 11.6. The average molecular weight is 266 g/mol. The van der Waals surface area contributed by atoms with Crippen LogP contribution in [0.2, 0.25) is 0 Å². The highest BCUT2D eigenvalue weighted by molar-refractivity contribution is 8.00. The van der Waals surface area contributed by atoms with Crippen molar-refractivity contribution in [1.29, 1.82) is 0 Å². The van der Waals surface area contributed by atoms with Crippen molar-refractivity contribution in [3.05, 3.63) is 18.3 Å². The van der Waals surface area contributed by atoms with Gasteiger partial charge in [-0.1, -0.05) is 11.8 Å². The van der Waals surface area contributed by atoms with Crippen molar-refractivity contribution in [2.45, 2.75) is 24.3 Å². The lowest BCUT2D eigenvalue weighted by Crippen LogP contribution is -2.30. The zero-order valence-electron chi connectivity index (χ0n) is 10.1. The minimum Gasteiger partial charge on any atom is -0.410 e. The Hall–Kier alpha value is -1.76. The van der Waals surface area contributed by atoms with Gasteiger partial charge in [0.25, 0.3) is 11.1 Å². The summed E-state index contributed by atoms with van der Waals surface area (Å²) in [4.78, 5) is 14.5. The van der Waals surface area contributed by atoms with Gasteiger partial charge in [0, 0.05) is 12.7 Å². The second-order valence-electron chi connectivity index (χ2n) is 3.61. The summed E-state index contributed by atoms with van der Waals surface area (Å²) < 4.78 is 5.46. The molecule has 0 bridgehead atoms. The fourth-order valence-corrected chi connectivity index (χ4v) is 2.06. The Kier molecular flexibility index (Phi) is 4.03. The van der Waals surface area contributed by atoms with Crippen LogP contribution >= 0.6 is 11.8 Å². The molecule has 0 aliphatic carbocycles. The molecule has 2 rings (SSSR count). The SMILES string of the molecule is CCNC(=O)C(C)Sc1nnc(-c2ccc[nH]2)o1. The smallest absolute Gasteiger partial charge is 0.277 e. The third kappa shape index (κ3) is 2.92. The number of nitrogens with one attached hydrogen (secondary N) is 2. The van der Waals surface area contributed by atoms with Crippen LogP contribution in [-0.4, -0.2) is 32.9 Å². The first-order valence-corrected chi connectivity index (χ1v) is 6.50. The maximum atomic E-state index is 11.6. The minimum atomic E-state index is -0.262. The van der Waals surface area contributed by atoms with Crippen molar-refractivity contribution in [2.75, 3.05) is 6.54 Å². The molecule has 0 saturated carbocycles. The molecule has 0 spiro atoms. The number of carbonyl (C=O) groups is 1. The lowest BCUT2D eigenvalue weighted by atomic mass is 10.4. The first-order valence-electron chi connectivity index (χ1n) is 5.62. The maximum Gasteiger partial charge on any atom is 0.277 e. The molecule has 0 aliphatic heterocycles. The summed E-state index contributed by atoms with van der Waals surface area (Å²) >= 11 is 1.24. The summed E-state index contributed by atoms with van der Waals surface area (Å²) in [6.45, 7) is 4.29. The highest BCUT2D eigenvalue weighted by atomic mass is 32.2. The fourth-order valence-electron chi connectivity index (χ4n) is 1.35. The van der Waals surface area contributed by atoms with E-state index in [1.807, 2.05) is 19.1 Å². The lowest BCUT2D eigenvalue weighted by Gasteiger charge is -2.07. The highest BCUT2D eigenvalue weighted by Gasteiger charge is 2.18. The third-order valence-corrected chi connectivity index (χ3v) is 3.17. The first kappa shape index (κ1) is 12.7. The normalized spacial score (nSPS) is 12.3. The molecule has 7 heteroatoms. The Morgan fingerprint density at radius 2 is 2.44 bits per heavy atom. The molecule has 2 aromatic heterocycles. The summed E-state index contributed by atoms with van der Waals surface area (Å²) in [5.41, 5.74) is 0.764. The molecule has 1 unspecified atom stereocenters. The molecule has 2 N–H and O–H groups in total. The van der Waals surface area contributed by atoms with E-state index in [-0.39, 0.29) is 11.2 Å². The second kappa shape index (κ2) is 5.72. The van der Waals surface area contributed by atoms with E-state index in [1.165, 1.54) is 11.8 Å². The van der Waals surface area contributed by atoms with E-state index < -0.39 is 0 Å². The fraction of sp³-hybridized carbons (Fsp3) is 0.364. The Morgan fingerprint density at radius 1 is 1.61 bits per heavy atom. The van der Waals surface area contributed by atoms with Gasteiger partial charge in [0.05, 0.1) is 5.25 Å². The summed E-state index contributed by atoms with van der Waals surface area (Å²) in [6.07, 6.45) is 1.78. The van der Waals surface area contributed by atoms with Gasteiger partial charge in [-0.25, -0.2) is 0 Å². The van der Waals surface area contributed by atoms with Crippen LogP contribution in [0.25, 0.3) is 11.6 Å². The van der Waals surface area contributed by atoms with Gasteiger partial charge in [-0.15, -0.1) is 10.2 Å². The predicted octanol–water partition coefficient (Wildman–Crippen LogP) is 1.68. The standard InChI is InChI=1S/C11H14N4O2S/c1-3-12-9(16)7(2)18-11-15-14-10(17-11)8-5-4-6-13-8/h4-7,13H,3H2,1-2H3,(H,12,16).